The first kappa shape index (κ1) is 32.5. The zero-order chi connectivity index (χ0) is 31.6. The number of aryl methyl sites for hydroxylation is 2. The van der Waals surface area contributed by atoms with Crippen molar-refractivity contribution in [2.75, 3.05) is 0 Å². The number of aromatic nitrogens is 2. The second kappa shape index (κ2) is 12.7. The van der Waals surface area contributed by atoms with Gasteiger partial charge in [-0.15, -0.1) is 0 Å². The van der Waals surface area contributed by atoms with Gasteiger partial charge in [0.15, 0.2) is 5.88 Å². The predicted molar refractivity (Wildman–Crippen MR) is 166 cm³/mol. The number of carbonyl (C=O) groups excluding carboxylic acids is 1. The minimum Gasteiger partial charge on any atom is -0.511 e. The number of hydrogen-bond donors (Lipinski definition) is 2. The Morgan fingerprint density at radius 1 is 1.16 bits per heavy atom. The minimum absolute atomic E-state index is 0.0200. The Bertz CT molecular complexity index is 1590. The largest absolute Gasteiger partial charge is 0.511 e. The Morgan fingerprint density at radius 3 is 2.44 bits per heavy atom. The zero-order valence-corrected chi connectivity index (χ0v) is 27.1. The maximum absolute atomic E-state index is 13.5. The van der Waals surface area contributed by atoms with Crippen LogP contribution >= 0.6 is 11.8 Å². The van der Waals surface area contributed by atoms with Crippen molar-refractivity contribution in [2.45, 2.75) is 89.0 Å². The monoisotopic (exact) mass is 628 g/mol. The van der Waals surface area contributed by atoms with Crippen molar-refractivity contribution in [2.24, 2.45) is 5.92 Å². The molecule has 0 fully saturated rings. The average molecular weight is 629 g/mol. The topological polar surface area (TPSA) is 128 Å². The van der Waals surface area contributed by atoms with Crippen LogP contribution in [0.15, 0.2) is 70.7 Å². The number of esters is 1. The smallest absolute Gasteiger partial charge is 0.349 e. The second-order valence-corrected chi connectivity index (χ2v) is 15.2. The van der Waals surface area contributed by atoms with Crippen molar-refractivity contribution >= 4 is 27.8 Å². The number of aliphatic hydroxyl groups is 1. The predicted octanol–water partition coefficient (Wildman–Crippen LogP) is 6.79. The second-order valence-electron chi connectivity index (χ2n) is 12.6. The van der Waals surface area contributed by atoms with Crippen LogP contribution in [0.4, 0.5) is 0 Å². The summed E-state index contributed by atoms with van der Waals surface area (Å²) < 4.78 is 38.6. The summed E-state index contributed by atoms with van der Waals surface area (Å²) in [6.45, 7) is 11.8. The summed E-state index contributed by atoms with van der Waals surface area (Å²) in [5.74, 6) is -0.376. The number of rotatable bonds is 11. The Labute approximate surface area is 258 Å². The van der Waals surface area contributed by atoms with Gasteiger partial charge in [-0.05, 0) is 78.5 Å². The highest BCUT2D eigenvalue weighted by Gasteiger charge is 2.43. The maximum atomic E-state index is 13.5. The Kier molecular flexibility index (Phi) is 9.56. The minimum atomic E-state index is -3.97. The number of benzene rings is 2. The molecule has 2 heterocycles. The van der Waals surface area contributed by atoms with E-state index < -0.39 is 27.1 Å². The molecule has 1 aromatic heterocycles. The fourth-order valence-electron chi connectivity index (χ4n) is 5.26. The van der Waals surface area contributed by atoms with E-state index in [1.165, 1.54) is 17.1 Å². The van der Waals surface area contributed by atoms with Gasteiger partial charge in [-0.25, -0.2) is 9.78 Å². The molecule has 3 aromatic rings. The lowest BCUT2D eigenvalue weighted by Gasteiger charge is -2.38. The molecule has 232 valence electrons. The van der Waals surface area contributed by atoms with Crippen LogP contribution in [0, 0.1) is 12.8 Å². The van der Waals surface area contributed by atoms with E-state index in [0.29, 0.717) is 29.7 Å². The Morgan fingerprint density at radius 2 is 1.86 bits per heavy atom. The van der Waals surface area contributed by atoms with Crippen LogP contribution < -0.4 is 4.18 Å². The van der Waals surface area contributed by atoms with Crippen LogP contribution in [0.25, 0.3) is 0 Å². The molecular weight excluding hydrogens is 588 g/mol. The molecule has 0 radical (unpaired) electrons. The van der Waals surface area contributed by atoms with Crippen molar-refractivity contribution in [1.82, 2.24) is 9.55 Å². The van der Waals surface area contributed by atoms with Crippen LogP contribution in [-0.2, 0) is 37.4 Å². The molecule has 0 spiro atoms. The van der Waals surface area contributed by atoms with E-state index in [-0.39, 0.29) is 40.4 Å². The van der Waals surface area contributed by atoms with E-state index >= 15 is 0 Å². The highest BCUT2D eigenvalue weighted by Crippen LogP contribution is 2.46. The summed E-state index contributed by atoms with van der Waals surface area (Å²) >= 11 is 1.12. The first-order valence-corrected chi connectivity index (χ1v) is 16.6. The molecule has 1 aliphatic rings. The lowest BCUT2D eigenvalue weighted by molar-refractivity contribution is -0.160. The lowest BCUT2D eigenvalue weighted by atomic mass is 9.82. The molecule has 9 nitrogen and oxygen atoms in total. The maximum Gasteiger partial charge on any atom is 0.349 e. The van der Waals surface area contributed by atoms with Crippen LogP contribution in [-0.4, -0.2) is 39.8 Å². The van der Waals surface area contributed by atoms with Crippen LogP contribution in [0.3, 0.4) is 0 Å². The van der Waals surface area contributed by atoms with E-state index in [9.17, 15) is 23.4 Å². The van der Waals surface area contributed by atoms with Crippen molar-refractivity contribution in [3.05, 3.63) is 82.5 Å². The summed E-state index contributed by atoms with van der Waals surface area (Å²) in [6.07, 6.45) is 6.36. The van der Waals surface area contributed by atoms with Crippen molar-refractivity contribution in [3.8, 4) is 11.5 Å². The van der Waals surface area contributed by atoms with Gasteiger partial charge in [0, 0.05) is 23.7 Å². The van der Waals surface area contributed by atoms with Gasteiger partial charge in [0.05, 0.1) is 6.33 Å². The molecule has 1 unspecified atom stereocenters. The summed E-state index contributed by atoms with van der Waals surface area (Å²) in [7, 11) is -3.97. The number of aromatic hydroxyl groups is 1. The number of aliphatic hydroxyl groups excluding tert-OH is 1. The van der Waals surface area contributed by atoms with Gasteiger partial charge in [-0.1, -0.05) is 58.5 Å². The molecule has 43 heavy (non-hydrogen) atoms. The summed E-state index contributed by atoms with van der Waals surface area (Å²) in [5, 5.41) is 20.9. The van der Waals surface area contributed by atoms with Gasteiger partial charge in [0.25, 0.3) is 0 Å². The van der Waals surface area contributed by atoms with E-state index in [1.54, 1.807) is 37.4 Å². The molecule has 2 N–H and O–H groups in total. The quantitative estimate of drug-likeness (QED) is 0.174. The number of thioether (sulfide) groups is 1. The molecule has 0 bridgehead atoms. The molecule has 0 saturated carbocycles. The van der Waals surface area contributed by atoms with Crippen molar-refractivity contribution < 1.29 is 32.3 Å². The van der Waals surface area contributed by atoms with Gasteiger partial charge < -0.3 is 23.7 Å². The molecule has 1 atom stereocenters. The van der Waals surface area contributed by atoms with Crippen LogP contribution in [0.1, 0.15) is 70.6 Å². The molecule has 4 rings (SSSR count). The molecule has 0 aliphatic carbocycles. The normalized spacial score (nSPS) is 17.8. The standard InChI is InChI=1S/C32H40N2O7S2/c1-21(2)17-32(12-11-23-7-9-24(35)10-8-23)18-26(36)29(30(37)40-32)42-28-15-22(3)27(16-25(28)31(4,5)6)41-43(38,39)20-34-14-13-33-19-34/h7-10,13-16,19,21,35-36H,11-12,17-18,20H2,1-6H3. The fourth-order valence-corrected chi connectivity index (χ4v) is 7.53. The fraction of sp³-hybridized carbons (Fsp3) is 0.438. The van der Waals surface area contributed by atoms with Gasteiger partial charge in [0.1, 0.15) is 27.8 Å². The Balaban J connectivity index is 1.61. The van der Waals surface area contributed by atoms with Crippen molar-refractivity contribution in [1.29, 1.82) is 0 Å². The highest BCUT2D eigenvalue weighted by molar-refractivity contribution is 8.04. The van der Waals surface area contributed by atoms with Gasteiger partial charge in [-0.2, -0.15) is 8.42 Å². The highest BCUT2D eigenvalue weighted by atomic mass is 32.2. The number of cyclic esters (lactones) is 1. The SMILES string of the molecule is Cc1cc(SC2=C(O)CC(CCc3ccc(O)cc3)(CC(C)C)OC2=O)c(C(C)(C)C)cc1OS(=O)(=O)Cn1ccnc1. The summed E-state index contributed by atoms with van der Waals surface area (Å²) in [4.78, 5) is 18.2. The molecule has 0 saturated heterocycles. The molecule has 1 aliphatic heterocycles. The molecule has 2 aromatic carbocycles. The zero-order valence-electron chi connectivity index (χ0n) is 25.5. The van der Waals surface area contributed by atoms with Gasteiger partial charge >= 0.3 is 16.1 Å². The van der Waals surface area contributed by atoms with E-state index in [2.05, 4.69) is 18.8 Å². The first-order valence-electron chi connectivity index (χ1n) is 14.2. The number of phenolic OH excluding ortho intramolecular Hbond substituents is 1. The molecular formula is C32H40N2O7S2. The number of hydrogen-bond acceptors (Lipinski definition) is 9. The van der Waals surface area contributed by atoms with Gasteiger partial charge in [0.2, 0.25) is 0 Å². The van der Waals surface area contributed by atoms with E-state index in [0.717, 1.165) is 22.9 Å². The summed E-state index contributed by atoms with van der Waals surface area (Å²) in [5.41, 5.74) is 1.02. The lowest BCUT2D eigenvalue weighted by Crippen LogP contribution is -2.41. The Hall–Kier alpha value is -3.44. The van der Waals surface area contributed by atoms with Crippen LogP contribution in [0.5, 0.6) is 11.5 Å². The van der Waals surface area contributed by atoms with Crippen molar-refractivity contribution in [3.63, 3.8) is 0 Å². The number of phenols is 1. The third-order valence-corrected chi connectivity index (χ3v) is 9.42. The van der Waals surface area contributed by atoms with E-state index in [4.69, 9.17) is 8.92 Å². The molecule has 11 heteroatoms. The third-order valence-electron chi connectivity index (χ3n) is 7.21. The average Bonchev–Trinajstić information content (AvgIpc) is 3.38. The van der Waals surface area contributed by atoms with Gasteiger partial charge in [-0.3, -0.25) is 0 Å². The van der Waals surface area contributed by atoms with E-state index in [1.807, 2.05) is 32.9 Å². The number of imidazole rings is 1. The summed E-state index contributed by atoms with van der Waals surface area (Å²) in [6, 6.07) is 10.4. The first-order chi connectivity index (χ1) is 20.1. The third kappa shape index (κ3) is 8.35. The van der Waals surface area contributed by atoms with Crippen LogP contribution in [0.2, 0.25) is 0 Å². The number of carbonyl (C=O) groups is 1. The number of nitrogens with zero attached hydrogens (tertiary/aromatic N) is 2. The molecule has 0 amide bonds. The number of ether oxygens (including phenoxy) is 1.